The van der Waals surface area contributed by atoms with Crippen molar-refractivity contribution in [3.8, 4) is 5.75 Å². The highest BCUT2D eigenvalue weighted by molar-refractivity contribution is 5.82. The molecule has 1 heterocycles. The van der Waals surface area contributed by atoms with E-state index in [1.807, 2.05) is 47.4 Å². The van der Waals surface area contributed by atoms with Crippen LogP contribution in [-0.2, 0) is 16.1 Å². The molecule has 0 saturated carbocycles. The molecular weight excluding hydrogens is 340 g/mol. The number of carbonyl (C=O) groups excluding carboxylic acids is 1. The lowest BCUT2D eigenvalue weighted by atomic mass is 10.1. The molecule has 144 valence electrons. The normalized spacial score (nSPS) is 18.9. The van der Waals surface area contributed by atoms with Crippen molar-refractivity contribution in [3.05, 3.63) is 65.7 Å². The third-order valence-corrected chi connectivity index (χ3v) is 5.10. The maximum atomic E-state index is 13.1. The van der Waals surface area contributed by atoms with Crippen LogP contribution in [-0.4, -0.2) is 55.6 Å². The van der Waals surface area contributed by atoms with E-state index in [-0.39, 0.29) is 11.9 Å². The molecule has 0 bridgehead atoms. The minimum absolute atomic E-state index is 0.0391. The number of hydrogen-bond donors (Lipinski definition) is 0. The second kappa shape index (κ2) is 9.02. The topological polar surface area (TPSA) is 42.0 Å². The predicted octanol–water partition coefficient (Wildman–Crippen LogP) is 3.12. The van der Waals surface area contributed by atoms with Crippen LogP contribution in [0.15, 0.2) is 54.6 Å². The zero-order chi connectivity index (χ0) is 19.2. The van der Waals surface area contributed by atoms with E-state index in [2.05, 4.69) is 24.0 Å². The molecule has 2 aromatic rings. The highest BCUT2D eigenvalue weighted by Crippen LogP contribution is 2.23. The fourth-order valence-corrected chi connectivity index (χ4v) is 3.69. The molecule has 1 aliphatic rings. The van der Waals surface area contributed by atoms with Gasteiger partial charge in [-0.2, -0.15) is 0 Å². The van der Waals surface area contributed by atoms with Crippen molar-refractivity contribution in [2.24, 2.45) is 0 Å². The summed E-state index contributed by atoms with van der Waals surface area (Å²) in [5, 5.41) is 0. The number of benzene rings is 2. The fraction of sp³-hybridized carbons (Fsp3) is 0.409. The Hall–Kier alpha value is -2.37. The van der Waals surface area contributed by atoms with E-state index < -0.39 is 6.10 Å². The van der Waals surface area contributed by atoms with Crippen LogP contribution in [0, 0.1) is 0 Å². The summed E-state index contributed by atoms with van der Waals surface area (Å²) < 4.78 is 10.8. The van der Waals surface area contributed by atoms with Gasteiger partial charge >= 0.3 is 0 Å². The van der Waals surface area contributed by atoms with E-state index in [4.69, 9.17) is 9.47 Å². The summed E-state index contributed by atoms with van der Waals surface area (Å²) in [6, 6.07) is 18.0. The molecule has 1 aliphatic heterocycles. The smallest absolute Gasteiger partial charge is 0.256 e. The molecule has 5 nitrogen and oxygen atoms in total. The molecule has 3 rings (SSSR count). The Kier molecular flexibility index (Phi) is 6.48. The quantitative estimate of drug-likeness (QED) is 0.786. The largest absolute Gasteiger partial charge is 0.497 e. The summed E-state index contributed by atoms with van der Waals surface area (Å²) in [5.74, 6) is 0.914. The summed E-state index contributed by atoms with van der Waals surface area (Å²) in [7, 11) is 3.28. The first-order valence-corrected chi connectivity index (χ1v) is 9.36. The van der Waals surface area contributed by atoms with Gasteiger partial charge in [-0.3, -0.25) is 9.69 Å². The second-order valence-corrected chi connectivity index (χ2v) is 6.99. The lowest BCUT2D eigenvalue weighted by Gasteiger charge is -2.41. The Bertz CT molecular complexity index is 750. The Labute approximate surface area is 161 Å². The summed E-state index contributed by atoms with van der Waals surface area (Å²) in [4.78, 5) is 17.4. The van der Waals surface area contributed by atoms with Gasteiger partial charge in [0.2, 0.25) is 0 Å². The molecule has 1 amide bonds. The first-order valence-electron chi connectivity index (χ1n) is 9.36. The summed E-state index contributed by atoms with van der Waals surface area (Å²) in [5.41, 5.74) is 2.12. The molecule has 2 atom stereocenters. The fourth-order valence-electron chi connectivity index (χ4n) is 3.69. The Balaban J connectivity index is 1.63. The number of amides is 1. The van der Waals surface area contributed by atoms with Gasteiger partial charge in [0.15, 0.2) is 6.10 Å². The molecule has 0 aliphatic carbocycles. The van der Waals surface area contributed by atoms with Gasteiger partial charge in [-0.05, 0) is 30.2 Å². The Morgan fingerprint density at radius 3 is 2.56 bits per heavy atom. The lowest BCUT2D eigenvalue weighted by Crippen LogP contribution is -2.54. The molecule has 1 saturated heterocycles. The van der Waals surface area contributed by atoms with Crippen LogP contribution in [0.4, 0.5) is 0 Å². The van der Waals surface area contributed by atoms with Crippen molar-refractivity contribution in [3.63, 3.8) is 0 Å². The van der Waals surface area contributed by atoms with Crippen molar-refractivity contribution < 1.29 is 14.3 Å². The standard InChI is InChI=1S/C22H28N2O3/c1-17-15-23(16-18-8-7-11-20(14-18)26-2)12-13-24(17)22(25)21(27-3)19-9-5-4-6-10-19/h4-11,14,17,21H,12-13,15-16H2,1-3H3/t17-,21+/m0/s1. The third kappa shape index (κ3) is 4.67. The summed E-state index contributed by atoms with van der Waals surface area (Å²) >= 11 is 0. The second-order valence-electron chi connectivity index (χ2n) is 6.99. The number of rotatable bonds is 6. The monoisotopic (exact) mass is 368 g/mol. The molecule has 1 fully saturated rings. The average molecular weight is 368 g/mol. The maximum Gasteiger partial charge on any atom is 0.256 e. The van der Waals surface area contributed by atoms with Crippen molar-refractivity contribution >= 4 is 5.91 Å². The summed E-state index contributed by atoms with van der Waals surface area (Å²) in [6.07, 6.45) is -0.543. The van der Waals surface area contributed by atoms with E-state index in [1.54, 1.807) is 14.2 Å². The van der Waals surface area contributed by atoms with Gasteiger partial charge in [-0.1, -0.05) is 42.5 Å². The molecule has 0 N–H and O–H groups in total. The molecular formula is C22H28N2O3. The molecule has 2 aromatic carbocycles. The number of hydrogen-bond acceptors (Lipinski definition) is 4. The molecule has 27 heavy (non-hydrogen) atoms. The van der Waals surface area contributed by atoms with Gasteiger partial charge in [0.25, 0.3) is 5.91 Å². The van der Waals surface area contributed by atoms with Crippen LogP contribution in [0.25, 0.3) is 0 Å². The zero-order valence-corrected chi connectivity index (χ0v) is 16.3. The number of nitrogens with zero attached hydrogens (tertiary/aromatic N) is 2. The highest BCUT2D eigenvalue weighted by atomic mass is 16.5. The van der Waals surface area contributed by atoms with Gasteiger partial charge in [-0.25, -0.2) is 0 Å². The minimum Gasteiger partial charge on any atom is -0.497 e. The van der Waals surface area contributed by atoms with E-state index in [1.165, 1.54) is 5.56 Å². The van der Waals surface area contributed by atoms with Gasteiger partial charge < -0.3 is 14.4 Å². The van der Waals surface area contributed by atoms with Crippen LogP contribution in [0.5, 0.6) is 5.75 Å². The molecule has 0 radical (unpaired) electrons. The third-order valence-electron chi connectivity index (χ3n) is 5.10. The van der Waals surface area contributed by atoms with Crippen LogP contribution >= 0.6 is 0 Å². The van der Waals surface area contributed by atoms with Gasteiger partial charge in [0.05, 0.1) is 7.11 Å². The predicted molar refractivity (Wildman–Crippen MR) is 106 cm³/mol. The van der Waals surface area contributed by atoms with E-state index in [0.29, 0.717) is 6.54 Å². The first-order chi connectivity index (χ1) is 13.1. The Morgan fingerprint density at radius 2 is 1.89 bits per heavy atom. The van der Waals surface area contributed by atoms with E-state index in [9.17, 15) is 4.79 Å². The molecule has 0 spiro atoms. The number of carbonyl (C=O) groups is 1. The number of methoxy groups -OCH3 is 2. The van der Waals surface area contributed by atoms with Crippen molar-refractivity contribution in [1.29, 1.82) is 0 Å². The van der Waals surface area contributed by atoms with E-state index >= 15 is 0 Å². The van der Waals surface area contributed by atoms with Gasteiger partial charge in [0.1, 0.15) is 5.75 Å². The van der Waals surface area contributed by atoms with Crippen molar-refractivity contribution in [2.75, 3.05) is 33.9 Å². The van der Waals surface area contributed by atoms with Crippen molar-refractivity contribution in [2.45, 2.75) is 25.6 Å². The van der Waals surface area contributed by atoms with Crippen molar-refractivity contribution in [1.82, 2.24) is 9.80 Å². The first kappa shape index (κ1) is 19.4. The van der Waals surface area contributed by atoms with Crippen LogP contribution < -0.4 is 4.74 Å². The SMILES string of the molecule is COc1cccc(CN2CCN(C(=O)[C@H](OC)c3ccccc3)[C@@H](C)C2)c1. The zero-order valence-electron chi connectivity index (χ0n) is 16.3. The van der Waals surface area contributed by atoms with Gasteiger partial charge in [0, 0.05) is 39.3 Å². The van der Waals surface area contributed by atoms with Gasteiger partial charge in [-0.15, -0.1) is 0 Å². The van der Waals surface area contributed by atoms with Crippen LogP contribution in [0.1, 0.15) is 24.2 Å². The molecule has 5 heteroatoms. The number of piperazine rings is 1. The van der Waals surface area contributed by atoms with Crippen LogP contribution in [0.3, 0.4) is 0 Å². The maximum absolute atomic E-state index is 13.1. The summed E-state index contributed by atoms with van der Waals surface area (Å²) in [6.45, 7) is 5.35. The average Bonchev–Trinajstić information content (AvgIpc) is 2.69. The molecule has 0 unspecified atom stereocenters. The number of ether oxygens (including phenoxy) is 2. The highest BCUT2D eigenvalue weighted by Gasteiger charge is 2.32. The minimum atomic E-state index is -0.543. The Morgan fingerprint density at radius 1 is 1.11 bits per heavy atom. The molecule has 0 aromatic heterocycles. The van der Waals surface area contributed by atoms with E-state index in [0.717, 1.165) is 30.9 Å². The lowest BCUT2D eigenvalue weighted by molar-refractivity contribution is -0.147. The van der Waals surface area contributed by atoms with Crippen LogP contribution in [0.2, 0.25) is 0 Å².